The molecule has 1 aromatic heterocycles. The van der Waals surface area contributed by atoms with Crippen LogP contribution in [0, 0.1) is 11.7 Å². The Hall–Kier alpha value is -2.95. The number of nitrogens with one attached hydrogen (secondary N) is 1. The monoisotopic (exact) mass is 488 g/mol. The summed E-state index contributed by atoms with van der Waals surface area (Å²) in [6.07, 6.45) is -0.789. The second-order valence-corrected chi connectivity index (χ2v) is 8.54. The quantitative estimate of drug-likeness (QED) is 0.611. The van der Waals surface area contributed by atoms with Crippen molar-refractivity contribution < 1.29 is 31.5 Å². The number of aliphatic imine (C=N–C) groups is 1. The van der Waals surface area contributed by atoms with Gasteiger partial charge in [0.05, 0.1) is 11.4 Å². The number of hydrogen-bond acceptors (Lipinski definition) is 5. The van der Waals surface area contributed by atoms with Crippen LogP contribution in [0.3, 0.4) is 0 Å². The third-order valence-corrected chi connectivity index (χ3v) is 6.19. The van der Waals surface area contributed by atoms with E-state index in [0.717, 1.165) is 12.1 Å². The summed E-state index contributed by atoms with van der Waals surface area (Å²) in [6, 6.07) is 5.24. The van der Waals surface area contributed by atoms with Gasteiger partial charge in [-0.1, -0.05) is 11.6 Å². The molecular weight excluding hydrogens is 471 g/mol. The zero-order chi connectivity index (χ0) is 24.0. The molecule has 6 nitrogen and oxygen atoms in total. The lowest BCUT2D eigenvalue weighted by Gasteiger charge is -2.46. The maximum absolute atomic E-state index is 15.0. The van der Waals surface area contributed by atoms with E-state index in [-0.39, 0.29) is 11.4 Å². The van der Waals surface area contributed by atoms with Crippen molar-refractivity contribution in [1.29, 1.82) is 0 Å². The van der Waals surface area contributed by atoms with Gasteiger partial charge in [-0.15, -0.1) is 0 Å². The number of alkyl halides is 4. The number of amides is 1. The Balaban J connectivity index is 1.77. The number of fused-ring (bicyclic) bond motifs is 1. The second-order valence-electron chi connectivity index (χ2n) is 8.11. The Morgan fingerprint density at radius 3 is 2.64 bits per heavy atom. The number of nitrogens with two attached hydrogens (primary N) is 1. The highest BCUT2D eigenvalue weighted by molar-refractivity contribution is 6.30. The van der Waals surface area contributed by atoms with Crippen LogP contribution in [0.2, 0.25) is 5.02 Å². The van der Waals surface area contributed by atoms with E-state index in [1.165, 1.54) is 24.4 Å². The minimum absolute atomic E-state index is 0.00862. The third kappa shape index (κ3) is 3.98. The van der Waals surface area contributed by atoms with Gasteiger partial charge >= 0.3 is 0 Å². The van der Waals surface area contributed by atoms with Gasteiger partial charge < -0.3 is 15.8 Å². The molecule has 1 amide bonds. The summed E-state index contributed by atoms with van der Waals surface area (Å²) >= 11 is 5.75. The lowest BCUT2D eigenvalue weighted by atomic mass is 9.71. The van der Waals surface area contributed by atoms with Crippen LogP contribution in [-0.4, -0.2) is 41.8 Å². The Morgan fingerprint density at radius 1 is 1.24 bits per heavy atom. The summed E-state index contributed by atoms with van der Waals surface area (Å²) in [5.41, 5.74) is 0.720. The van der Waals surface area contributed by atoms with Crippen LogP contribution in [0.5, 0.6) is 0 Å². The zero-order valence-corrected chi connectivity index (χ0v) is 17.7. The van der Waals surface area contributed by atoms with Crippen molar-refractivity contribution in [3.63, 3.8) is 0 Å². The molecule has 0 saturated heterocycles. The van der Waals surface area contributed by atoms with Crippen LogP contribution in [0.15, 0.2) is 41.5 Å². The number of anilines is 1. The molecule has 0 radical (unpaired) electrons. The van der Waals surface area contributed by atoms with Gasteiger partial charge in [-0.2, -0.15) is 0 Å². The molecular formula is C21H18ClF5N4O2. The molecule has 176 valence electrons. The maximum Gasteiger partial charge on any atom is 0.283 e. The number of carbonyl (C=O) groups excluding carboxylic acids is 1. The van der Waals surface area contributed by atoms with Crippen molar-refractivity contribution in [3.05, 3.63) is 58.6 Å². The van der Waals surface area contributed by atoms with Crippen LogP contribution in [0.1, 0.15) is 28.9 Å². The first kappa shape index (κ1) is 23.2. The van der Waals surface area contributed by atoms with Crippen molar-refractivity contribution in [2.45, 2.75) is 29.9 Å². The van der Waals surface area contributed by atoms with Crippen LogP contribution >= 0.6 is 11.6 Å². The van der Waals surface area contributed by atoms with E-state index < -0.39 is 72.5 Å². The molecule has 2 aliphatic rings. The second kappa shape index (κ2) is 8.12. The van der Waals surface area contributed by atoms with E-state index in [1.54, 1.807) is 0 Å². The Bertz CT molecular complexity index is 1120. The van der Waals surface area contributed by atoms with Gasteiger partial charge in [0.15, 0.2) is 5.60 Å². The molecule has 3 N–H and O–H groups in total. The van der Waals surface area contributed by atoms with Crippen molar-refractivity contribution in [2.24, 2.45) is 16.6 Å². The van der Waals surface area contributed by atoms with Gasteiger partial charge in [0.1, 0.15) is 30.4 Å². The topological polar surface area (TPSA) is 89.6 Å². The summed E-state index contributed by atoms with van der Waals surface area (Å²) < 4.78 is 77.4. The van der Waals surface area contributed by atoms with Crippen molar-refractivity contribution in [3.8, 4) is 0 Å². The number of carbonyl (C=O) groups is 1. The molecule has 4 rings (SSSR count). The molecule has 0 bridgehead atoms. The van der Waals surface area contributed by atoms with Gasteiger partial charge in [0.2, 0.25) is 0 Å². The van der Waals surface area contributed by atoms with Crippen molar-refractivity contribution >= 4 is 29.2 Å². The maximum atomic E-state index is 15.0. The zero-order valence-electron chi connectivity index (χ0n) is 16.9. The first-order valence-electron chi connectivity index (χ1n) is 9.81. The van der Waals surface area contributed by atoms with E-state index in [0.29, 0.717) is 5.02 Å². The Morgan fingerprint density at radius 2 is 2.00 bits per heavy atom. The molecule has 2 aromatic rings. The molecule has 3 atom stereocenters. The van der Waals surface area contributed by atoms with E-state index in [1.807, 2.05) is 0 Å². The summed E-state index contributed by atoms with van der Waals surface area (Å²) in [5, 5.41) is 2.78. The average Bonchev–Trinajstić information content (AvgIpc) is 3.05. The lowest BCUT2D eigenvalue weighted by molar-refractivity contribution is -0.0693. The molecule has 0 spiro atoms. The van der Waals surface area contributed by atoms with Gasteiger partial charge in [-0.05, 0) is 30.3 Å². The van der Waals surface area contributed by atoms with E-state index in [2.05, 4.69) is 15.3 Å². The van der Waals surface area contributed by atoms with Crippen molar-refractivity contribution in [2.75, 3.05) is 18.7 Å². The average molecular weight is 489 g/mol. The number of rotatable bonds is 5. The molecule has 1 aliphatic carbocycles. The predicted octanol–water partition coefficient (Wildman–Crippen LogP) is 4.39. The fraction of sp³-hybridized carbons (Fsp3) is 0.381. The fourth-order valence-corrected chi connectivity index (χ4v) is 4.70. The summed E-state index contributed by atoms with van der Waals surface area (Å²) in [7, 11) is 0. The standard InChI is InChI=1S/C21H18ClF5N4O2/c22-11-1-4-15(29-7-11)17(32)30-12-2-3-14(25)13(5-12)21(10-24)16-6-20(26,27)8-19(16,9-23)33-18(28)31-21/h1-5,7,16H,6,8-10H2,(H2,28,31)(H,30,32)/t16-,19-,21+/m0/s1. The highest BCUT2D eigenvalue weighted by atomic mass is 35.5. The summed E-state index contributed by atoms with van der Waals surface area (Å²) in [5.74, 6) is -6.63. The van der Waals surface area contributed by atoms with Crippen LogP contribution in [0.4, 0.5) is 27.6 Å². The Labute approximate surface area is 190 Å². The highest BCUT2D eigenvalue weighted by Crippen LogP contribution is 2.58. The molecule has 1 fully saturated rings. The van der Waals surface area contributed by atoms with Gasteiger partial charge in [0, 0.05) is 29.8 Å². The first-order valence-corrected chi connectivity index (χ1v) is 10.2. The molecule has 12 heteroatoms. The third-order valence-electron chi connectivity index (χ3n) is 5.97. The van der Waals surface area contributed by atoms with Gasteiger partial charge in [0.25, 0.3) is 17.9 Å². The van der Waals surface area contributed by atoms with Crippen LogP contribution in [-0.2, 0) is 10.3 Å². The molecule has 2 heterocycles. The summed E-state index contributed by atoms with van der Waals surface area (Å²) in [6.45, 7) is -2.85. The number of nitrogens with zero attached hydrogens (tertiary/aromatic N) is 2. The number of benzene rings is 1. The smallest absolute Gasteiger partial charge is 0.283 e. The minimum Gasteiger partial charge on any atom is -0.455 e. The number of aromatic nitrogens is 1. The number of ether oxygens (including phenoxy) is 1. The number of hydrogen-bond donors (Lipinski definition) is 2. The molecule has 1 aromatic carbocycles. The fourth-order valence-electron chi connectivity index (χ4n) is 4.59. The van der Waals surface area contributed by atoms with E-state index in [9.17, 15) is 26.7 Å². The van der Waals surface area contributed by atoms with E-state index >= 15 is 0 Å². The minimum atomic E-state index is -3.40. The van der Waals surface area contributed by atoms with Crippen LogP contribution in [0.25, 0.3) is 0 Å². The lowest BCUT2D eigenvalue weighted by Crippen LogP contribution is -2.57. The first-order chi connectivity index (χ1) is 15.5. The number of amidine groups is 1. The molecule has 1 saturated carbocycles. The molecule has 33 heavy (non-hydrogen) atoms. The number of halogens is 6. The highest BCUT2D eigenvalue weighted by Gasteiger charge is 2.68. The number of pyridine rings is 1. The van der Waals surface area contributed by atoms with E-state index in [4.69, 9.17) is 22.1 Å². The Kier molecular flexibility index (Phi) is 5.71. The molecule has 1 aliphatic heterocycles. The van der Waals surface area contributed by atoms with Crippen molar-refractivity contribution in [1.82, 2.24) is 4.98 Å². The molecule has 0 unspecified atom stereocenters. The predicted molar refractivity (Wildman–Crippen MR) is 110 cm³/mol. The van der Waals surface area contributed by atoms with Crippen LogP contribution < -0.4 is 11.1 Å². The summed E-state index contributed by atoms with van der Waals surface area (Å²) in [4.78, 5) is 20.2. The van der Waals surface area contributed by atoms with Gasteiger partial charge in [-0.3, -0.25) is 4.79 Å². The normalized spacial score (nSPS) is 27.9. The van der Waals surface area contributed by atoms with Gasteiger partial charge in [-0.25, -0.2) is 31.9 Å². The largest absolute Gasteiger partial charge is 0.455 e. The SMILES string of the molecule is NC1=N[C@](CF)(c2cc(NC(=O)c3ccc(Cl)cn3)ccc2F)[C@H]2CC(F)(F)C[C@@]2(CF)O1.